The molecule has 41 heavy (non-hydrogen) atoms. The topological polar surface area (TPSA) is 100 Å². The molecule has 1 unspecified atom stereocenters. The molecule has 0 aliphatic rings. The van der Waals surface area contributed by atoms with E-state index in [0.717, 1.165) is 38.3 Å². The zero-order valence-electron chi connectivity index (χ0n) is 23.3. The molecule has 208 valence electrons. The summed E-state index contributed by atoms with van der Waals surface area (Å²) in [5.41, 5.74) is 11.9. The van der Waals surface area contributed by atoms with Crippen LogP contribution in [0.2, 0.25) is 0 Å². The first-order valence-corrected chi connectivity index (χ1v) is 15.0. The van der Waals surface area contributed by atoms with E-state index in [1.165, 1.54) is 6.33 Å². The molecule has 6 aromatic rings. The third kappa shape index (κ3) is 4.69. The van der Waals surface area contributed by atoms with E-state index in [1.807, 2.05) is 79.4 Å². The summed E-state index contributed by atoms with van der Waals surface area (Å²) in [6.45, 7) is 8.06. The highest BCUT2D eigenvalue weighted by molar-refractivity contribution is 7.27. The van der Waals surface area contributed by atoms with Crippen molar-refractivity contribution in [3.05, 3.63) is 87.9 Å². The van der Waals surface area contributed by atoms with Gasteiger partial charge in [-0.2, -0.15) is 5.10 Å². The van der Waals surface area contributed by atoms with Gasteiger partial charge < -0.3 is 10.5 Å². The minimum absolute atomic E-state index is 0.0416. The minimum Gasteiger partial charge on any atom is -0.490 e. The van der Waals surface area contributed by atoms with Crippen molar-refractivity contribution >= 4 is 47.6 Å². The highest BCUT2D eigenvalue weighted by Crippen LogP contribution is 2.37. The number of aromatic nitrogens is 5. The van der Waals surface area contributed by atoms with Gasteiger partial charge in [-0.05, 0) is 62.6 Å². The van der Waals surface area contributed by atoms with Crippen molar-refractivity contribution in [3.63, 3.8) is 0 Å². The fourth-order valence-corrected chi connectivity index (χ4v) is 6.65. The van der Waals surface area contributed by atoms with Gasteiger partial charge in [-0.3, -0.25) is 9.20 Å². The number of fused-ring (bicyclic) bond motifs is 2. The highest BCUT2D eigenvalue weighted by Gasteiger charge is 2.27. The number of ether oxygens (including phenoxy) is 1. The Bertz CT molecular complexity index is 1960. The Hall–Kier alpha value is -4.07. The summed E-state index contributed by atoms with van der Waals surface area (Å²) in [6, 6.07) is 17.6. The first-order chi connectivity index (χ1) is 19.8. The molecule has 4 heterocycles. The molecule has 2 atom stereocenters. The standard InChI is InChI=1S/C31H31N6O2PS/c1-5-22(21-14-25-36(18(4)15-41-25)31(38)26(21)19-9-7-6-8-10-19)37-30-27(29(32)33-16-34-30)28(35-37)20-11-12-23(24(40)13-20)39-17(2)3/h6-17,22H,5,40H2,1-4H3,(H2,32,33,34)/t22-/m0/s1. The van der Waals surface area contributed by atoms with Crippen LogP contribution in [0.15, 0.2) is 71.1 Å². The normalized spacial score (nSPS) is 12.4. The molecule has 0 saturated heterocycles. The molecule has 0 spiro atoms. The number of pyridine rings is 1. The SMILES string of the molecule is CC[C@@H](c1cc2scc(C)n2c(=O)c1-c1ccccc1)n1nc(-c2ccc(OC(C)C)c(P)c2)c2c(N)ncnc21. The average Bonchev–Trinajstić information content (AvgIpc) is 3.52. The maximum atomic E-state index is 14.1. The van der Waals surface area contributed by atoms with Crippen LogP contribution >= 0.6 is 20.6 Å². The molecule has 0 radical (unpaired) electrons. The molecule has 2 aromatic carbocycles. The maximum absolute atomic E-state index is 14.1. The molecular formula is C31H31N6O2PS. The molecule has 2 N–H and O–H groups in total. The molecule has 0 aliphatic heterocycles. The van der Waals surface area contributed by atoms with Crippen LogP contribution < -0.4 is 21.3 Å². The number of aryl methyl sites for hydroxylation is 1. The van der Waals surface area contributed by atoms with E-state index in [9.17, 15) is 4.79 Å². The van der Waals surface area contributed by atoms with Gasteiger partial charge in [0.2, 0.25) is 0 Å². The number of benzene rings is 2. The Morgan fingerprint density at radius 3 is 2.56 bits per heavy atom. The average molecular weight is 583 g/mol. The Labute approximate surface area is 244 Å². The second-order valence-corrected chi connectivity index (χ2v) is 11.8. The number of anilines is 1. The quantitative estimate of drug-likeness (QED) is 0.231. The van der Waals surface area contributed by atoms with E-state index < -0.39 is 0 Å². The van der Waals surface area contributed by atoms with Crippen molar-refractivity contribution in [1.29, 1.82) is 0 Å². The van der Waals surface area contributed by atoms with Crippen molar-refractivity contribution in [2.24, 2.45) is 0 Å². The number of rotatable bonds is 7. The minimum atomic E-state index is -0.283. The summed E-state index contributed by atoms with van der Waals surface area (Å²) >= 11 is 1.56. The smallest absolute Gasteiger partial charge is 0.264 e. The number of hydrogen-bond acceptors (Lipinski definition) is 7. The zero-order chi connectivity index (χ0) is 28.8. The van der Waals surface area contributed by atoms with Gasteiger partial charge in [-0.1, -0.05) is 37.3 Å². The van der Waals surface area contributed by atoms with Gasteiger partial charge >= 0.3 is 0 Å². The van der Waals surface area contributed by atoms with Gasteiger partial charge in [0.1, 0.15) is 28.4 Å². The maximum Gasteiger partial charge on any atom is 0.264 e. The van der Waals surface area contributed by atoms with Gasteiger partial charge in [0.15, 0.2) is 5.65 Å². The molecule has 0 fully saturated rings. The summed E-state index contributed by atoms with van der Waals surface area (Å²) in [7, 11) is 2.75. The fraction of sp³-hybridized carbons (Fsp3) is 0.226. The lowest BCUT2D eigenvalue weighted by atomic mass is 9.95. The fourth-order valence-electron chi connectivity index (χ4n) is 5.38. The second kappa shape index (κ2) is 10.7. The van der Waals surface area contributed by atoms with Crippen molar-refractivity contribution in [3.8, 4) is 28.1 Å². The van der Waals surface area contributed by atoms with Crippen molar-refractivity contribution in [2.75, 3.05) is 5.73 Å². The van der Waals surface area contributed by atoms with Crippen LogP contribution in [0.1, 0.15) is 44.5 Å². The van der Waals surface area contributed by atoms with Crippen molar-refractivity contribution in [1.82, 2.24) is 24.1 Å². The van der Waals surface area contributed by atoms with E-state index in [2.05, 4.69) is 32.2 Å². The first kappa shape index (κ1) is 27.1. The van der Waals surface area contributed by atoms with Crippen LogP contribution in [-0.2, 0) is 0 Å². The molecule has 6 rings (SSSR count). The number of nitrogen functional groups attached to an aromatic ring is 1. The molecule has 10 heteroatoms. The highest BCUT2D eigenvalue weighted by atomic mass is 32.1. The van der Waals surface area contributed by atoms with E-state index in [-0.39, 0.29) is 17.7 Å². The van der Waals surface area contributed by atoms with E-state index in [0.29, 0.717) is 34.5 Å². The molecular weight excluding hydrogens is 551 g/mol. The molecule has 4 aromatic heterocycles. The van der Waals surface area contributed by atoms with Gasteiger partial charge in [0.05, 0.1) is 23.1 Å². The van der Waals surface area contributed by atoms with E-state index >= 15 is 0 Å². The third-order valence-corrected chi connectivity index (χ3v) is 8.63. The number of hydrogen-bond donors (Lipinski definition) is 1. The Morgan fingerprint density at radius 2 is 1.85 bits per heavy atom. The van der Waals surface area contributed by atoms with Crippen LogP contribution in [0.5, 0.6) is 5.75 Å². The largest absolute Gasteiger partial charge is 0.490 e. The summed E-state index contributed by atoms with van der Waals surface area (Å²) in [5, 5.41) is 8.74. The molecule has 8 nitrogen and oxygen atoms in total. The summed E-state index contributed by atoms with van der Waals surface area (Å²) in [6.07, 6.45) is 2.20. The van der Waals surface area contributed by atoms with E-state index in [4.69, 9.17) is 15.6 Å². The van der Waals surface area contributed by atoms with Gasteiger partial charge in [0.25, 0.3) is 5.56 Å². The van der Waals surface area contributed by atoms with Crippen LogP contribution in [0, 0.1) is 6.92 Å². The van der Waals surface area contributed by atoms with Crippen LogP contribution in [0.3, 0.4) is 0 Å². The van der Waals surface area contributed by atoms with Crippen LogP contribution in [-0.4, -0.2) is 30.3 Å². The monoisotopic (exact) mass is 582 g/mol. The number of nitrogens with two attached hydrogens (primary N) is 1. The van der Waals surface area contributed by atoms with E-state index in [1.54, 1.807) is 15.7 Å². The third-order valence-electron chi connectivity index (χ3n) is 7.18. The predicted octanol–water partition coefficient (Wildman–Crippen LogP) is 6.01. The molecule has 0 amide bonds. The van der Waals surface area contributed by atoms with Crippen molar-refractivity contribution in [2.45, 2.75) is 46.3 Å². The summed E-state index contributed by atoms with van der Waals surface area (Å²) in [4.78, 5) is 23.9. The molecule has 0 bridgehead atoms. The summed E-state index contributed by atoms with van der Waals surface area (Å²) < 4.78 is 9.64. The Kier molecular flexibility index (Phi) is 7.09. The van der Waals surface area contributed by atoms with Crippen LogP contribution in [0.4, 0.5) is 5.82 Å². The lowest BCUT2D eigenvalue weighted by molar-refractivity contribution is 0.244. The molecule has 0 saturated carbocycles. The van der Waals surface area contributed by atoms with Gasteiger partial charge in [0, 0.05) is 21.9 Å². The summed E-state index contributed by atoms with van der Waals surface area (Å²) in [5.74, 6) is 1.15. The predicted molar refractivity (Wildman–Crippen MR) is 170 cm³/mol. The first-order valence-electron chi connectivity index (χ1n) is 13.5. The Morgan fingerprint density at radius 1 is 1.07 bits per heavy atom. The number of thiazole rings is 1. The lowest BCUT2D eigenvalue weighted by Crippen LogP contribution is -2.22. The number of nitrogens with zero attached hydrogens (tertiary/aromatic N) is 5. The van der Waals surface area contributed by atoms with Gasteiger partial charge in [-0.25, -0.2) is 14.6 Å². The Balaban J connectivity index is 1.61. The second-order valence-electron chi connectivity index (χ2n) is 10.3. The zero-order valence-corrected chi connectivity index (χ0v) is 25.3. The molecule has 0 aliphatic carbocycles. The lowest BCUT2D eigenvalue weighted by Gasteiger charge is -2.21. The van der Waals surface area contributed by atoms with Crippen LogP contribution in [0.25, 0.3) is 38.2 Å². The van der Waals surface area contributed by atoms with Crippen molar-refractivity contribution < 1.29 is 4.74 Å². The van der Waals surface area contributed by atoms with Gasteiger partial charge in [-0.15, -0.1) is 20.6 Å².